The molecule has 0 aliphatic carbocycles. The van der Waals surface area contributed by atoms with Crippen molar-refractivity contribution < 1.29 is 19.1 Å². The van der Waals surface area contributed by atoms with Crippen LogP contribution in [-0.4, -0.2) is 53.2 Å². The van der Waals surface area contributed by atoms with Gasteiger partial charge in [0.25, 0.3) is 0 Å². The van der Waals surface area contributed by atoms with Gasteiger partial charge in [0.1, 0.15) is 17.4 Å². The number of benzene rings is 1. The smallest absolute Gasteiger partial charge is 0.415 e. The van der Waals surface area contributed by atoms with Gasteiger partial charge in [-0.3, -0.25) is 4.79 Å². The molecule has 0 spiro atoms. The van der Waals surface area contributed by atoms with Crippen molar-refractivity contribution in [2.75, 3.05) is 24.6 Å². The summed E-state index contributed by atoms with van der Waals surface area (Å²) in [5, 5.41) is 0. The minimum Gasteiger partial charge on any atom is -0.459 e. The number of ether oxygens (including phenoxy) is 2. The maximum Gasteiger partial charge on any atom is 0.415 e. The number of amides is 1. The minimum atomic E-state index is -0.657. The van der Waals surface area contributed by atoms with Crippen LogP contribution in [0.3, 0.4) is 0 Å². The fourth-order valence-corrected chi connectivity index (χ4v) is 3.45. The highest BCUT2D eigenvalue weighted by Gasteiger charge is 2.25. The summed E-state index contributed by atoms with van der Waals surface area (Å²) in [5.41, 5.74) is 0.303. The van der Waals surface area contributed by atoms with Gasteiger partial charge in [-0.1, -0.05) is 12.1 Å². The van der Waals surface area contributed by atoms with E-state index < -0.39 is 17.6 Å². The fraction of sp³-hybridized carbons (Fsp3) is 0.556. The summed E-state index contributed by atoms with van der Waals surface area (Å²) in [5.74, 6) is 1.94. The first-order valence-electron chi connectivity index (χ1n) is 8.51. The van der Waals surface area contributed by atoms with Gasteiger partial charge in [-0.15, -0.1) is 0 Å². The Morgan fingerprint density at radius 2 is 1.85 bits per heavy atom. The van der Waals surface area contributed by atoms with Gasteiger partial charge >= 0.3 is 12.1 Å². The van der Waals surface area contributed by atoms with Crippen molar-refractivity contribution >= 4 is 35.6 Å². The second kappa shape index (κ2) is 9.48. The van der Waals surface area contributed by atoms with E-state index in [9.17, 15) is 9.59 Å². The lowest BCUT2D eigenvalue weighted by Crippen LogP contribution is -2.39. The monoisotopic (exact) mass is 400 g/mol. The van der Waals surface area contributed by atoms with Gasteiger partial charge in [-0.2, -0.15) is 11.8 Å². The molecule has 1 heterocycles. The third-order valence-corrected chi connectivity index (χ3v) is 4.87. The van der Waals surface area contributed by atoms with Gasteiger partial charge in [-0.05, 0) is 56.7 Å². The second-order valence-electron chi connectivity index (χ2n) is 7.01. The first-order valence-corrected chi connectivity index (χ1v) is 10.0. The number of nitrogens with one attached hydrogen (secondary N) is 1. The van der Waals surface area contributed by atoms with Gasteiger partial charge in [0, 0.05) is 24.6 Å². The van der Waals surface area contributed by atoms with Crippen LogP contribution in [0.5, 0.6) is 5.75 Å². The van der Waals surface area contributed by atoms with E-state index in [4.69, 9.17) is 21.3 Å². The molecule has 1 saturated heterocycles. The van der Waals surface area contributed by atoms with Gasteiger partial charge in [0.05, 0.1) is 0 Å². The summed E-state index contributed by atoms with van der Waals surface area (Å²) < 4.78 is 10.7. The van der Waals surface area contributed by atoms with Crippen LogP contribution in [0.15, 0.2) is 24.3 Å². The average molecular weight is 401 g/mol. The van der Waals surface area contributed by atoms with Crippen molar-refractivity contribution in [1.29, 1.82) is 0 Å². The Kier molecular flexibility index (Phi) is 7.61. The van der Waals surface area contributed by atoms with Crippen LogP contribution in [0.25, 0.3) is 0 Å². The summed E-state index contributed by atoms with van der Waals surface area (Å²) in [6, 6.07) is 6.38. The largest absolute Gasteiger partial charge is 0.459 e. The molecule has 0 radical (unpaired) electrons. The lowest BCUT2D eigenvalue weighted by Gasteiger charge is -2.25. The molecule has 0 unspecified atom stereocenters. The number of carbonyl (C=O) groups excluding carboxylic acids is 2. The van der Waals surface area contributed by atoms with Crippen molar-refractivity contribution in [2.45, 2.75) is 38.8 Å². The first-order chi connectivity index (χ1) is 12.3. The SMILES string of the molecule is CC(C)(C)OC(=O)[C@H](Cc1ccc(OC(=O)N2CCSCC2)cc1)NCl. The molecule has 144 valence electrons. The molecule has 1 aliphatic rings. The highest BCUT2D eigenvalue weighted by atomic mass is 35.5. The molecular formula is C18H25ClN2O4S. The number of halogens is 1. The van der Waals surface area contributed by atoms with Crippen molar-refractivity contribution in [3.8, 4) is 5.75 Å². The van der Waals surface area contributed by atoms with E-state index in [1.165, 1.54) is 0 Å². The van der Waals surface area contributed by atoms with Gasteiger partial charge in [0.2, 0.25) is 0 Å². The third kappa shape index (κ3) is 6.70. The number of nitrogens with zero attached hydrogens (tertiary/aromatic N) is 1. The molecule has 1 aromatic rings. The first kappa shape index (κ1) is 20.9. The third-order valence-electron chi connectivity index (χ3n) is 3.66. The Hall–Kier alpha value is -1.44. The van der Waals surface area contributed by atoms with Crippen LogP contribution in [0.2, 0.25) is 0 Å². The normalized spacial score (nSPS) is 16.1. The van der Waals surface area contributed by atoms with Crippen LogP contribution in [0.1, 0.15) is 26.3 Å². The molecule has 1 fully saturated rings. The van der Waals surface area contributed by atoms with Crippen molar-refractivity contribution in [3.05, 3.63) is 29.8 Å². The molecule has 26 heavy (non-hydrogen) atoms. The van der Waals surface area contributed by atoms with E-state index in [2.05, 4.69) is 4.84 Å². The van der Waals surface area contributed by atoms with Gasteiger partial charge < -0.3 is 14.4 Å². The Morgan fingerprint density at radius 1 is 1.23 bits per heavy atom. The molecule has 8 heteroatoms. The molecule has 1 aliphatic heterocycles. The molecule has 0 saturated carbocycles. The second-order valence-corrected chi connectivity index (χ2v) is 8.45. The number of thioether (sulfide) groups is 1. The lowest BCUT2D eigenvalue weighted by molar-refractivity contribution is -0.156. The molecule has 6 nitrogen and oxygen atoms in total. The number of hydrogen-bond donors (Lipinski definition) is 1. The van der Waals surface area contributed by atoms with E-state index in [0.29, 0.717) is 25.3 Å². The van der Waals surface area contributed by atoms with Crippen LogP contribution in [-0.2, 0) is 16.0 Å². The number of hydrogen-bond acceptors (Lipinski definition) is 6. The van der Waals surface area contributed by atoms with Crippen LogP contribution < -0.4 is 9.57 Å². The van der Waals surface area contributed by atoms with Crippen LogP contribution >= 0.6 is 23.5 Å². The highest BCUT2D eigenvalue weighted by molar-refractivity contribution is 7.99. The van der Waals surface area contributed by atoms with Gasteiger partial charge in [-0.25, -0.2) is 9.63 Å². The van der Waals surface area contributed by atoms with E-state index in [1.54, 1.807) is 49.9 Å². The minimum absolute atomic E-state index is 0.327. The molecule has 0 bridgehead atoms. The zero-order valence-electron chi connectivity index (χ0n) is 15.3. The summed E-state index contributed by atoms with van der Waals surface area (Å²) in [6.07, 6.45) is 0.0443. The Bertz CT molecular complexity index is 613. The standard InChI is InChI=1S/C18H25ClN2O4S/c1-18(2,3)25-16(22)15(20-19)12-13-4-6-14(7-5-13)24-17(23)21-8-10-26-11-9-21/h4-7,15,20H,8-12H2,1-3H3/t15-/m0/s1. The molecule has 1 aromatic carbocycles. The topological polar surface area (TPSA) is 67.9 Å². The Labute approximate surface area is 163 Å². The van der Waals surface area contributed by atoms with E-state index in [1.807, 2.05) is 11.8 Å². The summed E-state index contributed by atoms with van der Waals surface area (Å²) in [4.78, 5) is 28.4. The number of carbonyl (C=O) groups is 2. The predicted octanol–water partition coefficient (Wildman–Crippen LogP) is 3.23. The number of esters is 1. The zero-order chi connectivity index (χ0) is 19.2. The molecule has 0 aromatic heterocycles. The van der Waals surface area contributed by atoms with Gasteiger partial charge in [0.15, 0.2) is 0 Å². The summed E-state index contributed by atoms with van der Waals surface area (Å²) in [6.45, 7) is 6.84. The quantitative estimate of drug-likeness (QED) is 0.604. The molecule has 1 amide bonds. The van der Waals surface area contributed by atoms with Crippen molar-refractivity contribution in [1.82, 2.24) is 9.74 Å². The van der Waals surface area contributed by atoms with E-state index in [0.717, 1.165) is 17.1 Å². The Morgan fingerprint density at radius 3 is 2.38 bits per heavy atom. The van der Waals surface area contributed by atoms with E-state index >= 15 is 0 Å². The maximum absolute atomic E-state index is 12.1. The van der Waals surface area contributed by atoms with Crippen LogP contribution in [0.4, 0.5) is 4.79 Å². The van der Waals surface area contributed by atoms with Crippen molar-refractivity contribution in [3.63, 3.8) is 0 Å². The maximum atomic E-state index is 12.1. The van der Waals surface area contributed by atoms with Crippen molar-refractivity contribution in [2.24, 2.45) is 0 Å². The number of rotatable bonds is 5. The summed E-state index contributed by atoms with van der Waals surface area (Å²) >= 11 is 7.53. The highest BCUT2D eigenvalue weighted by Crippen LogP contribution is 2.17. The van der Waals surface area contributed by atoms with E-state index in [-0.39, 0.29) is 6.09 Å². The zero-order valence-corrected chi connectivity index (χ0v) is 16.9. The predicted molar refractivity (Wildman–Crippen MR) is 104 cm³/mol. The summed E-state index contributed by atoms with van der Waals surface area (Å²) in [7, 11) is 0. The average Bonchev–Trinajstić information content (AvgIpc) is 2.60. The molecule has 2 rings (SSSR count). The lowest BCUT2D eigenvalue weighted by atomic mass is 10.1. The Balaban J connectivity index is 1.91. The molecular weight excluding hydrogens is 376 g/mol. The molecule has 1 N–H and O–H groups in total. The molecule has 1 atom stereocenters. The van der Waals surface area contributed by atoms with Crippen LogP contribution in [0, 0.1) is 0 Å². The fourth-order valence-electron chi connectivity index (χ4n) is 2.38.